The normalized spacial score (nSPS) is 30.4. The van der Waals surface area contributed by atoms with E-state index in [1.807, 2.05) is 13.8 Å². The molecule has 3 unspecified atom stereocenters. The zero-order chi connectivity index (χ0) is 12.9. The van der Waals surface area contributed by atoms with Crippen molar-refractivity contribution >= 4 is 5.91 Å². The third-order valence-corrected chi connectivity index (χ3v) is 3.40. The lowest BCUT2D eigenvalue weighted by atomic mass is 9.97. The molecule has 1 fully saturated rings. The van der Waals surface area contributed by atoms with Crippen molar-refractivity contribution in [2.24, 2.45) is 5.73 Å². The van der Waals surface area contributed by atoms with Crippen molar-refractivity contribution in [3.05, 3.63) is 0 Å². The smallest absolute Gasteiger partial charge is 0.237 e. The van der Waals surface area contributed by atoms with Crippen LogP contribution >= 0.6 is 0 Å². The predicted octanol–water partition coefficient (Wildman–Crippen LogP) is 0.424. The minimum absolute atomic E-state index is 0.0560. The number of hydrogen-bond donors (Lipinski definition) is 2. The van der Waals surface area contributed by atoms with Crippen LogP contribution in [0.4, 0.5) is 0 Å². The molecule has 0 bridgehead atoms. The Hall–Kier alpha value is -0.650. The molecule has 100 valence electrons. The third kappa shape index (κ3) is 3.66. The fourth-order valence-electron chi connectivity index (χ4n) is 2.34. The van der Waals surface area contributed by atoms with Gasteiger partial charge in [-0.15, -0.1) is 0 Å². The second-order valence-corrected chi connectivity index (χ2v) is 4.67. The van der Waals surface area contributed by atoms with Crippen molar-refractivity contribution in [1.82, 2.24) is 5.32 Å². The van der Waals surface area contributed by atoms with Crippen molar-refractivity contribution in [2.75, 3.05) is 20.3 Å². The Bertz CT molecular complexity index is 260. The summed E-state index contributed by atoms with van der Waals surface area (Å²) >= 11 is 0. The molecule has 1 aliphatic rings. The molecule has 1 amide bonds. The summed E-state index contributed by atoms with van der Waals surface area (Å²) in [5.74, 6) is -0.288. The van der Waals surface area contributed by atoms with Crippen LogP contribution in [0.2, 0.25) is 0 Å². The van der Waals surface area contributed by atoms with E-state index in [4.69, 9.17) is 15.2 Å². The molecule has 0 radical (unpaired) electrons. The molecule has 0 aliphatic heterocycles. The molecule has 1 saturated carbocycles. The number of nitrogens with two attached hydrogens (primary N) is 1. The predicted molar refractivity (Wildman–Crippen MR) is 65.7 cm³/mol. The number of carbonyl (C=O) groups excluding carboxylic acids is 1. The molecular weight excluding hydrogens is 220 g/mol. The number of nitrogens with one attached hydrogen (secondary N) is 1. The molecule has 1 aliphatic carbocycles. The Kier molecular flexibility index (Phi) is 5.36. The Labute approximate surface area is 103 Å². The number of carbonyl (C=O) groups is 1. The fraction of sp³-hybridized carbons (Fsp3) is 0.917. The van der Waals surface area contributed by atoms with Gasteiger partial charge in [0, 0.05) is 13.0 Å². The maximum absolute atomic E-state index is 11.4. The van der Waals surface area contributed by atoms with Crippen LogP contribution in [-0.4, -0.2) is 43.9 Å². The van der Waals surface area contributed by atoms with Crippen LogP contribution in [0, 0.1) is 0 Å². The molecule has 0 saturated heterocycles. The zero-order valence-electron chi connectivity index (χ0n) is 11.0. The lowest BCUT2D eigenvalue weighted by Crippen LogP contribution is -2.52. The summed E-state index contributed by atoms with van der Waals surface area (Å²) < 4.78 is 11.1. The second kappa shape index (κ2) is 6.33. The minimum Gasteiger partial charge on any atom is -0.379 e. The van der Waals surface area contributed by atoms with Crippen molar-refractivity contribution in [2.45, 2.75) is 50.9 Å². The van der Waals surface area contributed by atoms with E-state index in [1.54, 1.807) is 7.05 Å². The Morgan fingerprint density at radius 2 is 2.35 bits per heavy atom. The largest absolute Gasteiger partial charge is 0.379 e. The summed E-state index contributed by atoms with van der Waals surface area (Å²) in [5, 5.41) is 3.04. The molecule has 17 heavy (non-hydrogen) atoms. The summed E-state index contributed by atoms with van der Waals surface area (Å²) in [6, 6.07) is 0. The molecule has 0 aromatic rings. The van der Waals surface area contributed by atoms with Gasteiger partial charge in [-0.25, -0.2) is 0 Å². The molecule has 0 heterocycles. The van der Waals surface area contributed by atoms with E-state index in [1.165, 1.54) is 0 Å². The maximum atomic E-state index is 11.4. The number of hydrogen-bond acceptors (Lipinski definition) is 4. The molecule has 0 aromatic carbocycles. The van der Waals surface area contributed by atoms with E-state index in [0.717, 1.165) is 12.8 Å². The minimum atomic E-state index is -0.587. The molecule has 0 spiro atoms. The first-order valence-corrected chi connectivity index (χ1v) is 6.26. The van der Waals surface area contributed by atoms with Crippen LogP contribution in [0.25, 0.3) is 0 Å². The van der Waals surface area contributed by atoms with Crippen LogP contribution in [-0.2, 0) is 14.3 Å². The lowest BCUT2D eigenvalue weighted by molar-refractivity contribution is -0.124. The van der Waals surface area contributed by atoms with Crippen LogP contribution < -0.4 is 11.1 Å². The maximum Gasteiger partial charge on any atom is 0.237 e. The van der Waals surface area contributed by atoms with Crippen LogP contribution in [0.5, 0.6) is 0 Å². The third-order valence-electron chi connectivity index (χ3n) is 3.40. The van der Waals surface area contributed by atoms with Gasteiger partial charge in [-0.05, 0) is 33.7 Å². The highest BCUT2D eigenvalue weighted by Crippen LogP contribution is 2.32. The number of amides is 1. The molecule has 5 nitrogen and oxygen atoms in total. The summed E-state index contributed by atoms with van der Waals surface area (Å²) in [5.41, 5.74) is 4.85. The Morgan fingerprint density at radius 3 is 2.82 bits per heavy atom. The van der Waals surface area contributed by atoms with E-state index in [2.05, 4.69) is 5.32 Å². The van der Waals surface area contributed by atoms with E-state index in [0.29, 0.717) is 19.6 Å². The van der Waals surface area contributed by atoms with Gasteiger partial charge in [-0.3, -0.25) is 4.79 Å². The van der Waals surface area contributed by atoms with E-state index in [9.17, 15) is 4.79 Å². The average Bonchev–Trinajstić information content (AvgIpc) is 2.71. The molecular formula is C12H24N2O3. The number of likely N-dealkylation sites (N-methyl/N-ethyl adjacent to an activating group) is 1. The number of rotatable bonds is 7. The first-order valence-electron chi connectivity index (χ1n) is 6.26. The highest BCUT2D eigenvalue weighted by Gasteiger charge is 2.43. The van der Waals surface area contributed by atoms with Gasteiger partial charge in [0.1, 0.15) is 0 Å². The van der Waals surface area contributed by atoms with Gasteiger partial charge in [0.15, 0.2) is 0 Å². The SMILES string of the molecule is CCOCC(C)OC1CCC(NC)(C(N)=O)C1. The first-order chi connectivity index (χ1) is 8.04. The van der Waals surface area contributed by atoms with E-state index < -0.39 is 5.54 Å². The van der Waals surface area contributed by atoms with Gasteiger partial charge in [-0.1, -0.05) is 0 Å². The van der Waals surface area contributed by atoms with Gasteiger partial charge in [-0.2, -0.15) is 0 Å². The second-order valence-electron chi connectivity index (χ2n) is 4.67. The van der Waals surface area contributed by atoms with Crippen molar-refractivity contribution in [3.8, 4) is 0 Å². The highest BCUT2D eigenvalue weighted by molar-refractivity contribution is 5.85. The lowest BCUT2D eigenvalue weighted by Gasteiger charge is -2.25. The summed E-state index contributed by atoms with van der Waals surface area (Å²) in [6.45, 7) is 5.23. The summed E-state index contributed by atoms with van der Waals surface area (Å²) in [6.07, 6.45) is 2.39. The number of primary amides is 1. The van der Waals surface area contributed by atoms with Crippen LogP contribution in [0.1, 0.15) is 33.1 Å². The van der Waals surface area contributed by atoms with Crippen LogP contribution in [0.15, 0.2) is 0 Å². The van der Waals surface area contributed by atoms with Gasteiger partial charge in [0.05, 0.1) is 24.4 Å². The zero-order valence-corrected chi connectivity index (χ0v) is 11.0. The molecule has 1 rings (SSSR count). The fourth-order valence-corrected chi connectivity index (χ4v) is 2.34. The summed E-state index contributed by atoms with van der Waals surface area (Å²) in [7, 11) is 1.77. The highest BCUT2D eigenvalue weighted by atomic mass is 16.5. The quantitative estimate of drug-likeness (QED) is 0.681. The monoisotopic (exact) mass is 244 g/mol. The van der Waals surface area contributed by atoms with E-state index in [-0.39, 0.29) is 18.1 Å². The molecule has 3 atom stereocenters. The Balaban J connectivity index is 2.41. The van der Waals surface area contributed by atoms with Crippen molar-refractivity contribution < 1.29 is 14.3 Å². The topological polar surface area (TPSA) is 73.6 Å². The van der Waals surface area contributed by atoms with Gasteiger partial charge >= 0.3 is 0 Å². The first kappa shape index (κ1) is 14.4. The molecule has 0 aromatic heterocycles. The van der Waals surface area contributed by atoms with Gasteiger partial charge in [0.25, 0.3) is 0 Å². The number of ether oxygens (including phenoxy) is 2. The summed E-state index contributed by atoms with van der Waals surface area (Å²) in [4.78, 5) is 11.4. The van der Waals surface area contributed by atoms with Crippen molar-refractivity contribution in [3.63, 3.8) is 0 Å². The average molecular weight is 244 g/mol. The molecule has 5 heteroatoms. The molecule has 3 N–H and O–H groups in total. The van der Waals surface area contributed by atoms with E-state index >= 15 is 0 Å². The van der Waals surface area contributed by atoms with Gasteiger partial charge in [0.2, 0.25) is 5.91 Å². The Morgan fingerprint density at radius 1 is 1.65 bits per heavy atom. The van der Waals surface area contributed by atoms with Crippen LogP contribution in [0.3, 0.4) is 0 Å². The van der Waals surface area contributed by atoms with Gasteiger partial charge < -0.3 is 20.5 Å². The van der Waals surface area contributed by atoms with Crippen molar-refractivity contribution in [1.29, 1.82) is 0 Å². The standard InChI is InChI=1S/C12H24N2O3/c1-4-16-8-9(2)17-10-5-6-12(7-10,14-3)11(13)15/h9-10,14H,4-8H2,1-3H3,(H2,13,15).